The van der Waals surface area contributed by atoms with Crippen LogP contribution >= 0.6 is 0 Å². The zero-order valence-electron chi connectivity index (χ0n) is 17.9. The first-order valence-corrected chi connectivity index (χ1v) is 12.0. The molecule has 172 valence electrons. The van der Waals surface area contributed by atoms with E-state index in [1.54, 1.807) is 11.8 Å². The van der Waals surface area contributed by atoms with Crippen LogP contribution in [0.15, 0.2) is 53.4 Å². The molecule has 0 spiro atoms. The Morgan fingerprint density at radius 1 is 1.03 bits per heavy atom. The summed E-state index contributed by atoms with van der Waals surface area (Å²) in [4.78, 5) is 28.6. The molecule has 0 atom stereocenters. The Labute approximate surface area is 187 Å². The minimum atomic E-state index is -3.82. The Bertz CT molecular complexity index is 1050. The van der Waals surface area contributed by atoms with Gasteiger partial charge in [-0.25, -0.2) is 17.5 Å². The number of carbonyl (C=O) groups is 2. The van der Waals surface area contributed by atoms with Gasteiger partial charge in [0, 0.05) is 51.4 Å². The standard InChI is InChI=1S/C22H27FN4O4S/c1-2-25-32(30,31)18-8-9-20(23)19(16-18)22(29)24-11-10-21(28)27-14-12-26(13-15-27)17-6-4-3-5-7-17/h3-9,16,25H,2,10-15H2,1H3,(H,24,29). The van der Waals surface area contributed by atoms with Gasteiger partial charge < -0.3 is 15.1 Å². The molecule has 10 heteroatoms. The fourth-order valence-electron chi connectivity index (χ4n) is 3.51. The highest BCUT2D eigenvalue weighted by molar-refractivity contribution is 7.89. The van der Waals surface area contributed by atoms with Gasteiger partial charge in [0.25, 0.3) is 5.91 Å². The fraction of sp³-hybridized carbons (Fsp3) is 0.364. The molecule has 32 heavy (non-hydrogen) atoms. The largest absolute Gasteiger partial charge is 0.368 e. The van der Waals surface area contributed by atoms with Crippen LogP contribution in [0.4, 0.5) is 10.1 Å². The normalized spacial score (nSPS) is 14.3. The van der Waals surface area contributed by atoms with Crippen LogP contribution in [0.1, 0.15) is 23.7 Å². The smallest absolute Gasteiger partial charge is 0.254 e. The van der Waals surface area contributed by atoms with E-state index in [4.69, 9.17) is 0 Å². The predicted octanol–water partition coefficient (Wildman–Crippen LogP) is 1.59. The van der Waals surface area contributed by atoms with E-state index >= 15 is 0 Å². The van der Waals surface area contributed by atoms with Crippen molar-refractivity contribution in [2.75, 3.05) is 44.2 Å². The molecular formula is C22H27FN4O4S. The van der Waals surface area contributed by atoms with E-state index in [2.05, 4.69) is 14.9 Å². The maximum absolute atomic E-state index is 14.1. The van der Waals surface area contributed by atoms with E-state index in [0.29, 0.717) is 13.1 Å². The second kappa shape index (κ2) is 10.6. The SMILES string of the molecule is CCNS(=O)(=O)c1ccc(F)c(C(=O)NCCC(=O)N2CCN(c3ccccc3)CC2)c1. The van der Waals surface area contributed by atoms with Crippen LogP contribution in [0.3, 0.4) is 0 Å². The average molecular weight is 463 g/mol. The molecule has 2 N–H and O–H groups in total. The molecule has 8 nitrogen and oxygen atoms in total. The van der Waals surface area contributed by atoms with Gasteiger partial charge in [-0.3, -0.25) is 9.59 Å². The molecule has 1 saturated heterocycles. The van der Waals surface area contributed by atoms with Crippen molar-refractivity contribution in [2.45, 2.75) is 18.2 Å². The number of carbonyl (C=O) groups excluding carboxylic acids is 2. The van der Waals surface area contributed by atoms with Crippen molar-refractivity contribution in [1.29, 1.82) is 0 Å². The number of piperazine rings is 1. The van der Waals surface area contributed by atoms with Gasteiger partial charge in [0.2, 0.25) is 15.9 Å². The molecule has 0 unspecified atom stereocenters. The van der Waals surface area contributed by atoms with Crippen molar-refractivity contribution in [2.24, 2.45) is 0 Å². The number of para-hydroxylation sites is 1. The molecule has 0 aromatic heterocycles. The monoisotopic (exact) mass is 462 g/mol. The van der Waals surface area contributed by atoms with Gasteiger partial charge in [-0.15, -0.1) is 0 Å². The molecule has 2 amide bonds. The van der Waals surface area contributed by atoms with E-state index < -0.39 is 21.7 Å². The first kappa shape index (κ1) is 23.7. The molecule has 1 fully saturated rings. The molecule has 1 aliphatic heterocycles. The van der Waals surface area contributed by atoms with Crippen molar-refractivity contribution < 1.29 is 22.4 Å². The lowest BCUT2D eigenvalue weighted by atomic mass is 10.2. The number of hydrogen-bond acceptors (Lipinski definition) is 5. The highest BCUT2D eigenvalue weighted by Crippen LogP contribution is 2.17. The Hall–Kier alpha value is -2.98. The number of benzene rings is 2. The molecule has 2 aromatic carbocycles. The Balaban J connectivity index is 1.50. The van der Waals surface area contributed by atoms with E-state index in [9.17, 15) is 22.4 Å². The number of nitrogens with one attached hydrogen (secondary N) is 2. The highest BCUT2D eigenvalue weighted by Gasteiger charge is 2.22. The van der Waals surface area contributed by atoms with Crippen LogP contribution in [0.5, 0.6) is 0 Å². The number of amides is 2. The predicted molar refractivity (Wildman–Crippen MR) is 119 cm³/mol. The summed E-state index contributed by atoms with van der Waals surface area (Å²) in [5.41, 5.74) is 0.736. The Kier molecular flexibility index (Phi) is 7.81. The summed E-state index contributed by atoms with van der Waals surface area (Å²) < 4.78 is 40.6. The quantitative estimate of drug-likeness (QED) is 0.621. The molecule has 0 bridgehead atoms. The van der Waals surface area contributed by atoms with Crippen LogP contribution in [0, 0.1) is 5.82 Å². The summed E-state index contributed by atoms with van der Waals surface area (Å²) >= 11 is 0. The number of anilines is 1. The highest BCUT2D eigenvalue weighted by atomic mass is 32.2. The second-order valence-electron chi connectivity index (χ2n) is 7.35. The molecule has 0 saturated carbocycles. The topological polar surface area (TPSA) is 98.8 Å². The van der Waals surface area contributed by atoms with Gasteiger partial charge in [0.1, 0.15) is 5.82 Å². The lowest BCUT2D eigenvalue weighted by Gasteiger charge is -2.36. The maximum Gasteiger partial charge on any atom is 0.254 e. The molecule has 2 aromatic rings. The molecule has 0 radical (unpaired) electrons. The molecule has 1 aliphatic rings. The van der Waals surface area contributed by atoms with Crippen LogP contribution < -0.4 is 14.9 Å². The van der Waals surface area contributed by atoms with Crippen LogP contribution in [0.2, 0.25) is 0 Å². The lowest BCUT2D eigenvalue weighted by molar-refractivity contribution is -0.131. The molecule has 0 aliphatic carbocycles. The third-order valence-electron chi connectivity index (χ3n) is 5.21. The number of rotatable bonds is 8. The number of nitrogens with zero attached hydrogens (tertiary/aromatic N) is 2. The van der Waals surface area contributed by atoms with Gasteiger partial charge in [-0.05, 0) is 30.3 Å². The zero-order chi connectivity index (χ0) is 23.1. The Morgan fingerprint density at radius 3 is 2.38 bits per heavy atom. The third kappa shape index (κ3) is 5.83. The minimum absolute atomic E-state index is 0.0280. The van der Waals surface area contributed by atoms with E-state index in [1.165, 1.54) is 0 Å². The van der Waals surface area contributed by atoms with Crippen molar-refractivity contribution in [3.63, 3.8) is 0 Å². The van der Waals surface area contributed by atoms with Gasteiger partial charge in [-0.1, -0.05) is 25.1 Å². The van der Waals surface area contributed by atoms with Gasteiger partial charge in [-0.2, -0.15) is 0 Å². The minimum Gasteiger partial charge on any atom is -0.368 e. The summed E-state index contributed by atoms with van der Waals surface area (Å²) in [6.45, 7) is 4.43. The van der Waals surface area contributed by atoms with E-state index in [-0.39, 0.29) is 35.9 Å². The third-order valence-corrected chi connectivity index (χ3v) is 6.75. The number of sulfonamides is 1. The summed E-state index contributed by atoms with van der Waals surface area (Å²) in [5.74, 6) is -1.69. The van der Waals surface area contributed by atoms with Crippen LogP contribution in [-0.4, -0.2) is 64.4 Å². The summed E-state index contributed by atoms with van der Waals surface area (Å²) in [6, 6.07) is 13.0. The summed E-state index contributed by atoms with van der Waals surface area (Å²) in [7, 11) is -3.82. The molecule has 1 heterocycles. The van der Waals surface area contributed by atoms with E-state index in [0.717, 1.165) is 37.0 Å². The first-order chi connectivity index (χ1) is 15.3. The Morgan fingerprint density at radius 2 is 1.72 bits per heavy atom. The fourth-order valence-corrected chi connectivity index (χ4v) is 4.57. The van der Waals surface area contributed by atoms with Gasteiger partial charge >= 0.3 is 0 Å². The first-order valence-electron chi connectivity index (χ1n) is 10.5. The maximum atomic E-state index is 14.1. The van der Waals surface area contributed by atoms with Crippen molar-refractivity contribution in [3.05, 3.63) is 59.9 Å². The van der Waals surface area contributed by atoms with Gasteiger partial charge in [0.05, 0.1) is 10.5 Å². The zero-order valence-corrected chi connectivity index (χ0v) is 18.7. The summed E-state index contributed by atoms with van der Waals surface area (Å²) in [6.07, 6.45) is 0.0775. The second-order valence-corrected chi connectivity index (χ2v) is 9.12. The number of hydrogen-bond donors (Lipinski definition) is 2. The van der Waals surface area contributed by atoms with Crippen molar-refractivity contribution in [1.82, 2.24) is 14.9 Å². The van der Waals surface area contributed by atoms with Gasteiger partial charge in [0.15, 0.2) is 0 Å². The summed E-state index contributed by atoms with van der Waals surface area (Å²) in [5, 5.41) is 2.50. The lowest BCUT2D eigenvalue weighted by Crippen LogP contribution is -2.49. The average Bonchev–Trinajstić information content (AvgIpc) is 2.79. The van der Waals surface area contributed by atoms with E-state index in [1.807, 2.05) is 30.3 Å². The van der Waals surface area contributed by atoms with Crippen molar-refractivity contribution >= 4 is 27.5 Å². The van der Waals surface area contributed by atoms with Crippen LogP contribution in [-0.2, 0) is 14.8 Å². The van der Waals surface area contributed by atoms with Crippen LogP contribution in [0.25, 0.3) is 0 Å². The molecular weight excluding hydrogens is 435 g/mol. The van der Waals surface area contributed by atoms with Crippen molar-refractivity contribution in [3.8, 4) is 0 Å². The number of halogens is 1. The molecule has 3 rings (SSSR count).